The van der Waals surface area contributed by atoms with Crippen molar-refractivity contribution in [2.24, 2.45) is 0 Å². The van der Waals surface area contributed by atoms with E-state index in [4.69, 9.17) is 0 Å². The van der Waals surface area contributed by atoms with Crippen molar-refractivity contribution in [3.05, 3.63) is 254 Å². The molecular formula is C71H62N2. The van der Waals surface area contributed by atoms with Crippen molar-refractivity contribution in [2.45, 2.75) is 70.6 Å². The molecule has 356 valence electrons. The molecule has 0 atom stereocenters. The SMILES string of the molecule is CCCCCC1(CCCCC)c2cc(N(c3cc(-c4ccccc4)cc(-c4ccccc4)c3)c3cc(-c4ccccc4)cc(-c4ccccc4)c3)ccc2-c2ccc(-n3c4ccccc4c4ccccc43)cc21. The summed E-state index contributed by atoms with van der Waals surface area (Å²) in [5.74, 6) is 0. The van der Waals surface area contributed by atoms with Crippen molar-refractivity contribution in [1.82, 2.24) is 4.57 Å². The van der Waals surface area contributed by atoms with Crippen LogP contribution in [-0.4, -0.2) is 4.57 Å². The molecule has 0 unspecified atom stereocenters. The fourth-order valence-electron chi connectivity index (χ4n) is 12.1. The van der Waals surface area contributed by atoms with E-state index in [2.05, 4.69) is 266 Å². The molecule has 0 N–H and O–H groups in total. The van der Waals surface area contributed by atoms with Crippen LogP contribution in [0, 0.1) is 0 Å². The second kappa shape index (κ2) is 20.1. The summed E-state index contributed by atoms with van der Waals surface area (Å²) in [6.07, 6.45) is 9.35. The third-order valence-electron chi connectivity index (χ3n) is 15.6. The molecule has 2 nitrogen and oxygen atoms in total. The zero-order valence-corrected chi connectivity index (χ0v) is 42.1. The highest BCUT2D eigenvalue weighted by Gasteiger charge is 2.43. The van der Waals surface area contributed by atoms with Crippen LogP contribution < -0.4 is 4.90 Å². The minimum Gasteiger partial charge on any atom is -0.310 e. The van der Waals surface area contributed by atoms with E-state index in [9.17, 15) is 0 Å². The van der Waals surface area contributed by atoms with Gasteiger partial charge in [0.15, 0.2) is 0 Å². The second-order valence-electron chi connectivity index (χ2n) is 20.2. The number of rotatable bonds is 16. The smallest absolute Gasteiger partial charge is 0.0541 e. The van der Waals surface area contributed by atoms with Crippen molar-refractivity contribution < 1.29 is 0 Å². The molecule has 0 aliphatic heterocycles. The molecule has 0 spiro atoms. The molecule has 11 aromatic rings. The lowest BCUT2D eigenvalue weighted by Gasteiger charge is -2.34. The molecule has 73 heavy (non-hydrogen) atoms. The topological polar surface area (TPSA) is 8.17 Å². The van der Waals surface area contributed by atoms with Gasteiger partial charge in [0.25, 0.3) is 0 Å². The van der Waals surface area contributed by atoms with Crippen molar-refractivity contribution in [2.75, 3.05) is 4.90 Å². The van der Waals surface area contributed by atoms with E-state index in [0.717, 1.165) is 29.9 Å². The van der Waals surface area contributed by atoms with E-state index in [1.165, 1.54) is 133 Å². The van der Waals surface area contributed by atoms with Crippen LogP contribution in [0.2, 0.25) is 0 Å². The van der Waals surface area contributed by atoms with Crippen molar-refractivity contribution in [3.63, 3.8) is 0 Å². The van der Waals surface area contributed by atoms with Gasteiger partial charge >= 0.3 is 0 Å². The Morgan fingerprint density at radius 1 is 0.329 bits per heavy atom. The van der Waals surface area contributed by atoms with Gasteiger partial charge in [0.2, 0.25) is 0 Å². The van der Waals surface area contributed by atoms with Crippen molar-refractivity contribution in [3.8, 4) is 61.3 Å². The van der Waals surface area contributed by atoms with E-state index in [1.807, 2.05) is 0 Å². The minimum atomic E-state index is -0.173. The van der Waals surface area contributed by atoms with Gasteiger partial charge in [-0.2, -0.15) is 0 Å². The van der Waals surface area contributed by atoms with Crippen molar-refractivity contribution in [1.29, 1.82) is 0 Å². The number of nitrogens with zero attached hydrogens (tertiary/aromatic N) is 2. The van der Waals surface area contributed by atoms with Gasteiger partial charge in [-0.1, -0.05) is 222 Å². The molecule has 0 fully saturated rings. The highest BCUT2D eigenvalue weighted by Crippen LogP contribution is 2.57. The lowest BCUT2D eigenvalue weighted by atomic mass is 9.70. The molecule has 1 aliphatic rings. The fraction of sp³-hybridized carbons (Fsp3) is 0.155. The first-order valence-corrected chi connectivity index (χ1v) is 26.7. The molecule has 0 radical (unpaired) electrons. The Bertz CT molecular complexity index is 3400. The number of para-hydroxylation sites is 2. The Labute approximate surface area is 431 Å². The Morgan fingerprint density at radius 3 is 1.14 bits per heavy atom. The summed E-state index contributed by atoms with van der Waals surface area (Å²) in [6, 6.07) is 90.7. The highest BCUT2D eigenvalue weighted by molar-refractivity contribution is 6.09. The predicted molar refractivity (Wildman–Crippen MR) is 312 cm³/mol. The van der Waals surface area contributed by atoms with Gasteiger partial charge in [-0.25, -0.2) is 0 Å². The highest BCUT2D eigenvalue weighted by atomic mass is 15.1. The van der Waals surface area contributed by atoms with E-state index in [0.29, 0.717) is 0 Å². The van der Waals surface area contributed by atoms with E-state index in [1.54, 1.807) is 0 Å². The maximum Gasteiger partial charge on any atom is 0.0541 e. The van der Waals surface area contributed by atoms with Crippen LogP contribution in [0.4, 0.5) is 17.1 Å². The van der Waals surface area contributed by atoms with Crippen molar-refractivity contribution >= 4 is 38.9 Å². The van der Waals surface area contributed by atoms with Crippen LogP contribution in [0.3, 0.4) is 0 Å². The fourth-order valence-corrected chi connectivity index (χ4v) is 12.1. The molecule has 0 saturated carbocycles. The standard InChI is InChI=1S/C71H62N2/c1-3-5-23-41-71(42-24-6-4-2)67-49-59(37-39-63(67)64-40-38-60(50-68(64)71)73-69-35-21-19-33-65(69)66-34-20-22-36-70(66)73)72(61-45-55(51-25-11-7-12-26-51)43-56(46-61)52-27-13-8-14-28-52)62-47-57(53-29-15-9-16-30-53)44-58(48-62)54-31-17-10-18-32-54/h7-22,25-40,43-50H,3-6,23-24,41-42H2,1-2H3. The average Bonchev–Trinajstić information content (AvgIpc) is 3.93. The summed E-state index contributed by atoms with van der Waals surface area (Å²) in [6.45, 7) is 4.69. The second-order valence-corrected chi connectivity index (χ2v) is 20.2. The lowest BCUT2D eigenvalue weighted by molar-refractivity contribution is 0.405. The summed E-state index contributed by atoms with van der Waals surface area (Å²) in [4.78, 5) is 2.56. The largest absolute Gasteiger partial charge is 0.310 e. The van der Waals surface area contributed by atoms with Crippen LogP contribution in [0.1, 0.15) is 76.3 Å². The molecule has 2 heteroatoms. The number of hydrogen-bond donors (Lipinski definition) is 0. The predicted octanol–water partition coefficient (Wildman–Crippen LogP) is 20.3. The van der Waals surface area contributed by atoms with Crippen LogP contribution in [0.5, 0.6) is 0 Å². The number of unbranched alkanes of at least 4 members (excludes halogenated alkanes) is 4. The van der Waals surface area contributed by atoms with E-state index < -0.39 is 0 Å². The van der Waals surface area contributed by atoms with Crippen LogP contribution >= 0.6 is 0 Å². The number of benzene rings is 10. The molecule has 0 amide bonds. The molecule has 12 rings (SSSR count). The number of fused-ring (bicyclic) bond motifs is 6. The Kier molecular flexibility index (Phi) is 12.7. The summed E-state index contributed by atoms with van der Waals surface area (Å²) >= 11 is 0. The summed E-state index contributed by atoms with van der Waals surface area (Å²) in [7, 11) is 0. The van der Waals surface area contributed by atoms with Gasteiger partial charge in [-0.15, -0.1) is 0 Å². The van der Waals surface area contributed by atoms with Crippen LogP contribution in [0.15, 0.2) is 243 Å². The van der Waals surface area contributed by atoms with Gasteiger partial charge in [-0.05, 0) is 152 Å². The minimum absolute atomic E-state index is 0.173. The van der Waals surface area contributed by atoms with Gasteiger partial charge < -0.3 is 9.47 Å². The third kappa shape index (κ3) is 8.65. The molecular weight excluding hydrogens is 881 g/mol. The van der Waals surface area contributed by atoms with Gasteiger partial charge in [0, 0.05) is 38.9 Å². The molecule has 1 aromatic heterocycles. The number of anilines is 3. The summed E-state index contributed by atoms with van der Waals surface area (Å²) < 4.78 is 2.51. The normalized spacial score (nSPS) is 12.5. The number of aromatic nitrogens is 1. The van der Waals surface area contributed by atoms with Gasteiger partial charge in [0.05, 0.1) is 11.0 Å². The van der Waals surface area contributed by atoms with E-state index in [-0.39, 0.29) is 5.41 Å². The van der Waals surface area contributed by atoms with Crippen LogP contribution in [0.25, 0.3) is 83.1 Å². The maximum atomic E-state index is 2.61. The van der Waals surface area contributed by atoms with Gasteiger partial charge in [0.1, 0.15) is 0 Å². The molecule has 0 saturated heterocycles. The monoisotopic (exact) mass is 942 g/mol. The number of hydrogen-bond acceptors (Lipinski definition) is 1. The molecule has 1 aliphatic carbocycles. The Balaban J connectivity index is 1.12. The molecule has 1 heterocycles. The quantitative estimate of drug-likeness (QED) is 0.0877. The Hall–Kier alpha value is -8.20. The third-order valence-corrected chi connectivity index (χ3v) is 15.6. The van der Waals surface area contributed by atoms with Crippen LogP contribution in [-0.2, 0) is 5.41 Å². The first-order chi connectivity index (χ1) is 36.1. The zero-order valence-electron chi connectivity index (χ0n) is 42.1. The first kappa shape index (κ1) is 45.9. The first-order valence-electron chi connectivity index (χ1n) is 26.7. The summed E-state index contributed by atoms with van der Waals surface area (Å²) in [5.41, 5.74) is 22.2. The molecule has 10 aromatic carbocycles. The summed E-state index contributed by atoms with van der Waals surface area (Å²) in [5, 5.41) is 2.59. The van der Waals surface area contributed by atoms with E-state index >= 15 is 0 Å². The average molecular weight is 943 g/mol. The molecule has 0 bridgehead atoms. The lowest BCUT2D eigenvalue weighted by Crippen LogP contribution is -2.26. The Morgan fingerprint density at radius 2 is 0.712 bits per heavy atom. The maximum absolute atomic E-state index is 2.61. The zero-order chi connectivity index (χ0) is 49.1. The van der Waals surface area contributed by atoms with Gasteiger partial charge in [-0.3, -0.25) is 0 Å².